The summed E-state index contributed by atoms with van der Waals surface area (Å²) in [5, 5.41) is 0. The molecule has 1 unspecified atom stereocenters. The molecule has 1 atom stereocenters. The highest BCUT2D eigenvalue weighted by Gasteiger charge is 2.19. The first-order chi connectivity index (χ1) is 9.13. The molecular weight excluding hydrogens is 307 g/mol. The second-order valence-corrected chi connectivity index (χ2v) is 5.28. The average Bonchev–Trinajstić information content (AvgIpc) is 2.44. The van der Waals surface area contributed by atoms with Crippen LogP contribution in [0, 0.1) is 5.82 Å². The quantitative estimate of drug-likeness (QED) is 0.929. The van der Waals surface area contributed by atoms with Crippen LogP contribution in [0.25, 0.3) is 0 Å². The zero-order valence-electron chi connectivity index (χ0n) is 10.7. The number of halogens is 2. The number of hydrogen-bond donors (Lipinski definition) is 1. The maximum absolute atomic E-state index is 14.0. The molecule has 0 aromatic heterocycles. The molecule has 2 aromatic rings. The van der Waals surface area contributed by atoms with Gasteiger partial charge in [0, 0.05) is 29.3 Å². The Kier molecular flexibility index (Phi) is 4.56. The largest absolute Gasteiger partial charge is 0.366 e. The molecule has 0 aliphatic carbocycles. The third-order valence-corrected chi connectivity index (χ3v) is 3.66. The second kappa shape index (κ2) is 6.17. The van der Waals surface area contributed by atoms with Crippen LogP contribution >= 0.6 is 15.9 Å². The van der Waals surface area contributed by atoms with E-state index in [1.54, 1.807) is 12.1 Å². The highest BCUT2D eigenvalue weighted by molar-refractivity contribution is 9.10. The Balaban J connectivity index is 2.37. The molecule has 0 aliphatic heterocycles. The monoisotopic (exact) mass is 322 g/mol. The number of nitrogens with two attached hydrogens (primary N) is 1. The molecule has 4 heteroatoms. The average molecular weight is 323 g/mol. The van der Waals surface area contributed by atoms with Gasteiger partial charge in [0.1, 0.15) is 5.82 Å². The number of anilines is 1. The summed E-state index contributed by atoms with van der Waals surface area (Å²) in [7, 11) is 1.92. The van der Waals surface area contributed by atoms with Crippen LogP contribution in [0.15, 0.2) is 53.0 Å². The molecular formula is C15H16BrFN2. The summed E-state index contributed by atoms with van der Waals surface area (Å²) in [5.74, 6) is -0.235. The Hall–Kier alpha value is -1.39. The summed E-state index contributed by atoms with van der Waals surface area (Å²) in [6, 6.07) is 14.6. The molecule has 0 spiro atoms. The third kappa shape index (κ3) is 3.14. The van der Waals surface area contributed by atoms with Gasteiger partial charge in [0.2, 0.25) is 0 Å². The first-order valence-electron chi connectivity index (χ1n) is 6.06. The van der Waals surface area contributed by atoms with Gasteiger partial charge in [0.25, 0.3) is 0 Å². The lowest BCUT2D eigenvalue weighted by Gasteiger charge is -2.29. The van der Waals surface area contributed by atoms with Gasteiger partial charge in [-0.25, -0.2) is 4.39 Å². The number of para-hydroxylation sites is 1. The highest BCUT2D eigenvalue weighted by atomic mass is 79.9. The first kappa shape index (κ1) is 14.0. The van der Waals surface area contributed by atoms with Crippen LogP contribution in [-0.2, 0) is 0 Å². The molecule has 0 radical (unpaired) electrons. The summed E-state index contributed by atoms with van der Waals surface area (Å²) >= 11 is 3.37. The summed E-state index contributed by atoms with van der Waals surface area (Å²) in [6.07, 6.45) is 0. The van der Waals surface area contributed by atoms with Crippen molar-refractivity contribution in [2.45, 2.75) is 6.04 Å². The van der Waals surface area contributed by atoms with Crippen LogP contribution in [0.1, 0.15) is 11.6 Å². The molecule has 19 heavy (non-hydrogen) atoms. The fourth-order valence-corrected chi connectivity index (χ4v) is 2.49. The van der Waals surface area contributed by atoms with E-state index in [1.807, 2.05) is 42.3 Å². The minimum absolute atomic E-state index is 0.195. The molecule has 0 heterocycles. The summed E-state index contributed by atoms with van der Waals surface area (Å²) in [4.78, 5) is 1.99. The SMILES string of the molecule is CN(c1ccccc1)C(CN)c1cc(Br)ccc1F. The fraction of sp³-hybridized carbons (Fsp3) is 0.200. The van der Waals surface area contributed by atoms with Crippen LogP contribution in [0.5, 0.6) is 0 Å². The van der Waals surface area contributed by atoms with Gasteiger partial charge in [-0.2, -0.15) is 0 Å². The molecule has 0 saturated heterocycles. The standard InChI is InChI=1S/C15H16BrFN2/c1-19(12-5-3-2-4-6-12)15(10-18)13-9-11(16)7-8-14(13)17/h2-9,15H,10,18H2,1H3. The molecule has 0 saturated carbocycles. The van der Waals surface area contributed by atoms with Crippen molar-refractivity contribution in [2.24, 2.45) is 5.73 Å². The molecule has 2 aromatic carbocycles. The van der Waals surface area contributed by atoms with E-state index in [1.165, 1.54) is 6.07 Å². The third-order valence-electron chi connectivity index (χ3n) is 3.17. The predicted molar refractivity (Wildman–Crippen MR) is 80.7 cm³/mol. The van der Waals surface area contributed by atoms with Crippen LogP contribution in [0.3, 0.4) is 0 Å². The van der Waals surface area contributed by atoms with E-state index < -0.39 is 0 Å². The molecule has 0 aliphatic rings. The van der Waals surface area contributed by atoms with Gasteiger partial charge in [-0.15, -0.1) is 0 Å². The van der Waals surface area contributed by atoms with Crippen molar-refractivity contribution in [2.75, 3.05) is 18.5 Å². The van der Waals surface area contributed by atoms with Crippen molar-refractivity contribution >= 4 is 21.6 Å². The van der Waals surface area contributed by atoms with Gasteiger partial charge in [0.05, 0.1) is 6.04 Å². The van der Waals surface area contributed by atoms with Gasteiger partial charge in [-0.1, -0.05) is 34.1 Å². The van der Waals surface area contributed by atoms with Gasteiger partial charge in [0.15, 0.2) is 0 Å². The number of likely N-dealkylation sites (N-methyl/N-ethyl adjacent to an activating group) is 1. The molecule has 100 valence electrons. The lowest BCUT2D eigenvalue weighted by Crippen LogP contribution is -2.31. The normalized spacial score (nSPS) is 12.2. The van der Waals surface area contributed by atoms with E-state index in [4.69, 9.17) is 5.73 Å². The minimum Gasteiger partial charge on any atom is -0.366 e. The Bertz CT molecular complexity index is 545. The Morgan fingerprint density at radius 1 is 1.21 bits per heavy atom. The Morgan fingerprint density at radius 2 is 1.89 bits per heavy atom. The summed E-state index contributed by atoms with van der Waals surface area (Å²) < 4.78 is 14.8. The van der Waals surface area contributed by atoms with Gasteiger partial charge < -0.3 is 10.6 Å². The van der Waals surface area contributed by atoms with Gasteiger partial charge >= 0.3 is 0 Å². The van der Waals surface area contributed by atoms with E-state index >= 15 is 0 Å². The molecule has 2 rings (SSSR count). The Labute approximate surface area is 121 Å². The van der Waals surface area contributed by atoms with E-state index in [9.17, 15) is 4.39 Å². The molecule has 0 bridgehead atoms. The van der Waals surface area contributed by atoms with E-state index in [2.05, 4.69) is 15.9 Å². The zero-order chi connectivity index (χ0) is 13.8. The van der Waals surface area contributed by atoms with Crippen molar-refractivity contribution in [3.63, 3.8) is 0 Å². The summed E-state index contributed by atoms with van der Waals surface area (Å²) in [5.41, 5.74) is 7.45. The smallest absolute Gasteiger partial charge is 0.128 e. The van der Waals surface area contributed by atoms with Crippen molar-refractivity contribution < 1.29 is 4.39 Å². The molecule has 0 amide bonds. The van der Waals surface area contributed by atoms with E-state index in [-0.39, 0.29) is 11.9 Å². The second-order valence-electron chi connectivity index (χ2n) is 4.36. The highest BCUT2D eigenvalue weighted by Crippen LogP contribution is 2.28. The summed E-state index contributed by atoms with van der Waals surface area (Å²) in [6.45, 7) is 0.346. The van der Waals surface area contributed by atoms with E-state index in [0.717, 1.165) is 10.2 Å². The zero-order valence-corrected chi connectivity index (χ0v) is 12.3. The Morgan fingerprint density at radius 3 is 2.53 bits per heavy atom. The topological polar surface area (TPSA) is 29.3 Å². The first-order valence-corrected chi connectivity index (χ1v) is 6.85. The van der Waals surface area contributed by atoms with Crippen molar-refractivity contribution in [1.29, 1.82) is 0 Å². The number of rotatable bonds is 4. The van der Waals surface area contributed by atoms with Crippen molar-refractivity contribution in [3.8, 4) is 0 Å². The molecule has 2 nitrogen and oxygen atoms in total. The van der Waals surface area contributed by atoms with Gasteiger partial charge in [-0.05, 0) is 30.3 Å². The van der Waals surface area contributed by atoms with Gasteiger partial charge in [-0.3, -0.25) is 0 Å². The number of nitrogens with zero attached hydrogens (tertiary/aromatic N) is 1. The van der Waals surface area contributed by atoms with Crippen LogP contribution in [-0.4, -0.2) is 13.6 Å². The molecule has 2 N–H and O–H groups in total. The lowest BCUT2D eigenvalue weighted by molar-refractivity contribution is 0.572. The number of hydrogen-bond acceptors (Lipinski definition) is 2. The number of benzene rings is 2. The van der Waals surface area contributed by atoms with E-state index in [0.29, 0.717) is 12.1 Å². The maximum Gasteiger partial charge on any atom is 0.128 e. The maximum atomic E-state index is 14.0. The van der Waals surface area contributed by atoms with Crippen LogP contribution < -0.4 is 10.6 Å². The van der Waals surface area contributed by atoms with Crippen molar-refractivity contribution in [1.82, 2.24) is 0 Å². The van der Waals surface area contributed by atoms with Crippen LogP contribution in [0.2, 0.25) is 0 Å². The molecule has 0 fully saturated rings. The minimum atomic E-state index is -0.235. The lowest BCUT2D eigenvalue weighted by atomic mass is 10.0. The fourth-order valence-electron chi connectivity index (χ4n) is 2.11. The van der Waals surface area contributed by atoms with Crippen LogP contribution in [0.4, 0.5) is 10.1 Å². The van der Waals surface area contributed by atoms with Crippen molar-refractivity contribution in [3.05, 3.63) is 64.4 Å². The predicted octanol–water partition coefficient (Wildman–Crippen LogP) is 3.72.